The first-order valence-corrected chi connectivity index (χ1v) is 12.9. The van der Waals surface area contributed by atoms with Gasteiger partial charge in [-0.05, 0) is 47.5 Å². The molecule has 0 spiro atoms. The fourth-order valence-corrected chi connectivity index (χ4v) is 5.34. The van der Waals surface area contributed by atoms with Crippen LogP contribution in [0.5, 0.6) is 0 Å². The van der Waals surface area contributed by atoms with E-state index in [-0.39, 0.29) is 33.7 Å². The van der Waals surface area contributed by atoms with Crippen LogP contribution < -0.4 is 5.56 Å². The Morgan fingerprint density at radius 3 is 2.07 bits per heavy atom. The van der Waals surface area contributed by atoms with Crippen LogP contribution in [0.3, 0.4) is 0 Å². The molecule has 216 valence electrons. The molecule has 0 saturated heterocycles. The molecule has 0 radical (unpaired) electrons. The Kier molecular flexibility index (Phi) is 7.19. The summed E-state index contributed by atoms with van der Waals surface area (Å²) in [6, 6.07) is 19.2. The van der Waals surface area contributed by atoms with Crippen LogP contribution in [0.1, 0.15) is 26.6 Å². The van der Waals surface area contributed by atoms with E-state index in [4.69, 9.17) is 0 Å². The highest BCUT2D eigenvalue weighted by Crippen LogP contribution is 2.50. The number of carbonyl (C=O) groups is 1. The maximum atomic E-state index is 13.9. The number of nitrogens with zero attached hydrogens (tertiary/aromatic N) is 2. The molecule has 0 fully saturated rings. The van der Waals surface area contributed by atoms with Gasteiger partial charge in [-0.25, -0.2) is 9.78 Å². The van der Waals surface area contributed by atoms with Crippen molar-refractivity contribution in [3.05, 3.63) is 117 Å². The number of fused-ring (bicyclic) bond motifs is 1. The van der Waals surface area contributed by atoms with Crippen LogP contribution in [0.4, 0.5) is 26.3 Å². The highest BCUT2D eigenvalue weighted by molar-refractivity contribution is 7.17. The van der Waals surface area contributed by atoms with Crippen LogP contribution >= 0.6 is 11.3 Å². The average Bonchev–Trinajstić information content (AvgIpc) is 3.43. The smallest absolute Gasteiger partial charge is 0.430 e. The largest absolute Gasteiger partial charge is 0.477 e. The van der Waals surface area contributed by atoms with Gasteiger partial charge in [0.15, 0.2) is 0 Å². The second kappa shape index (κ2) is 10.4. The van der Waals surface area contributed by atoms with Crippen molar-refractivity contribution >= 4 is 28.2 Å². The number of benzene rings is 3. The third-order valence-corrected chi connectivity index (χ3v) is 7.73. The molecule has 5 rings (SSSR count). The maximum absolute atomic E-state index is 13.9. The van der Waals surface area contributed by atoms with E-state index in [1.165, 1.54) is 12.1 Å². The van der Waals surface area contributed by atoms with Gasteiger partial charge in [0.2, 0.25) is 0 Å². The molecule has 0 aliphatic heterocycles. The summed E-state index contributed by atoms with van der Waals surface area (Å²) in [6.07, 6.45) is -12.0. The minimum Gasteiger partial charge on any atom is -0.477 e. The molecule has 2 N–H and O–H groups in total. The summed E-state index contributed by atoms with van der Waals surface area (Å²) >= 11 is 0.985. The highest BCUT2D eigenvalue weighted by Gasteiger charge is 2.71. The Morgan fingerprint density at radius 2 is 1.50 bits per heavy atom. The molecular weight excluding hydrogens is 586 g/mol. The van der Waals surface area contributed by atoms with Gasteiger partial charge in [-0.15, -0.1) is 11.3 Å². The van der Waals surface area contributed by atoms with Crippen molar-refractivity contribution in [1.82, 2.24) is 9.55 Å². The first-order chi connectivity index (χ1) is 19.7. The maximum Gasteiger partial charge on any atom is 0.430 e. The molecule has 5 aromatic rings. The summed E-state index contributed by atoms with van der Waals surface area (Å²) in [7, 11) is 0. The quantitative estimate of drug-likeness (QED) is 0.210. The number of rotatable bonds is 6. The Balaban J connectivity index is 1.69. The summed E-state index contributed by atoms with van der Waals surface area (Å²) in [4.78, 5) is 30.4. The van der Waals surface area contributed by atoms with Gasteiger partial charge in [-0.3, -0.25) is 9.36 Å². The standard InChI is InChI=1S/C29H18F6N2O4S/c30-28(31,32)27(41,29(33,34)35)18-7-9-19(10-8-18)37-24(14-16-4-2-1-3-5-16)36-21-11-6-17(15-20(21)25(37)38)22-12-13-23(42-22)26(39)40/h1-13,15,41H,14H2,(H,39,40). The van der Waals surface area contributed by atoms with Gasteiger partial charge in [0, 0.05) is 16.9 Å². The number of carboxylic acids is 1. The lowest BCUT2D eigenvalue weighted by Gasteiger charge is -2.32. The molecule has 2 aromatic heterocycles. The van der Waals surface area contributed by atoms with Gasteiger partial charge in [-0.2, -0.15) is 26.3 Å². The van der Waals surface area contributed by atoms with Crippen LogP contribution in [-0.4, -0.2) is 38.1 Å². The van der Waals surface area contributed by atoms with Crippen molar-refractivity contribution in [3.8, 4) is 16.1 Å². The second-order valence-electron chi connectivity index (χ2n) is 9.28. The first-order valence-electron chi connectivity index (χ1n) is 12.1. The van der Waals surface area contributed by atoms with Crippen molar-refractivity contribution in [3.63, 3.8) is 0 Å². The molecule has 0 atom stereocenters. The summed E-state index contributed by atoms with van der Waals surface area (Å²) in [5.41, 5.74) is -5.80. The van der Waals surface area contributed by atoms with Crippen LogP contribution in [0, 0.1) is 0 Å². The lowest BCUT2D eigenvalue weighted by molar-refractivity contribution is -0.376. The fourth-order valence-electron chi connectivity index (χ4n) is 4.50. The van der Waals surface area contributed by atoms with E-state index in [1.807, 2.05) is 0 Å². The van der Waals surface area contributed by atoms with E-state index in [2.05, 4.69) is 4.98 Å². The molecular formula is C29H18F6N2O4S. The number of aromatic nitrogens is 2. The van der Waals surface area contributed by atoms with Gasteiger partial charge in [-0.1, -0.05) is 48.5 Å². The van der Waals surface area contributed by atoms with E-state index in [1.54, 1.807) is 48.5 Å². The molecule has 3 aromatic carbocycles. The number of aromatic carboxylic acids is 1. The number of carboxylic acid groups (broad SMARTS) is 1. The summed E-state index contributed by atoms with van der Waals surface area (Å²) in [6.45, 7) is 0. The normalized spacial score (nSPS) is 12.5. The third-order valence-electron chi connectivity index (χ3n) is 6.61. The first kappa shape index (κ1) is 29.0. The Hall–Kier alpha value is -4.49. The van der Waals surface area contributed by atoms with E-state index in [0.29, 0.717) is 22.6 Å². The summed E-state index contributed by atoms with van der Waals surface area (Å²) in [5, 5.41) is 19.1. The third kappa shape index (κ3) is 5.05. The number of halogens is 6. The molecule has 2 heterocycles. The van der Waals surface area contributed by atoms with Crippen LogP contribution in [-0.2, 0) is 12.0 Å². The van der Waals surface area contributed by atoms with Gasteiger partial charge in [0.25, 0.3) is 11.2 Å². The van der Waals surface area contributed by atoms with Crippen molar-refractivity contribution in [2.75, 3.05) is 0 Å². The van der Waals surface area contributed by atoms with E-state index in [0.717, 1.165) is 33.6 Å². The molecule has 0 unspecified atom stereocenters. The predicted molar refractivity (Wildman–Crippen MR) is 143 cm³/mol. The second-order valence-corrected chi connectivity index (χ2v) is 10.4. The average molecular weight is 605 g/mol. The zero-order valence-corrected chi connectivity index (χ0v) is 21.9. The number of hydrogen-bond donors (Lipinski definition) is 2. The van der Waals surface area contributed by atoms with Gasteiger partial charge in [0.05, 0.1) is 16.6 Å². The van der Waals surface area contributed by atoms with Crippen molar-refractivity contribution in [2.45, 2.75) is 24.4 Å². The van der Waals surface area contributed by atoms with Crippen molar-refractivity contribution < 1.29 is 41.4 Å². The van der Waals surface area contributed by atoms with Crippen molar-refractivity contribution in [1.29, 1.82) is 0 Å². The molecule has 6 nitrogen and oxygen atoms in total. The minimum atomic E-state index is -6.06. The number of alkyl halides is 6. The molecule has 0 amide bonds. The molecule has 0 saturated carbocycles. The molecule has 0 aliphatic rings. The number of hydrogen-bond acceptors (Lipinski definition) is 5. The summed E-state index contributed by atoms with van der Waals surface area (Å²) in [5.74, 6) is -0.960. The van der Waals surface area contributed by atoms with Crippen LogP contribution in [0.15, 0.2) is 89.7 Å². The lowest BCUT2D eigenvalue weighted by atomic mass is 9.92. The van der Waals surface area contributed by atoms with E-state index < -0.39 is 35.0 Å². The highest BCUT2D eigenvalue weighted by atomic mass is 32.1. The number of aliphatic hydroxyl groups is 1. The molecule has 13 heteroatoms. The van der Waals surface area contributed by atoms with Gasteiger partial charge >= 0.3 is 18.3 Å². The summed E-state index contributed by atoms with van der Waals surface area (Å²) < 4.78 is 81.6. The van der Waals surface area contributed by atoms with Crippen LogP contribution in [0.2, 0.25) is 0 Å². The topological polar surface area (TPSA) is 92.4 Å². The zero-order valence-electron chi connectivity index (χ0n) is 21.1. The minimum absolute atomic E-state index is 0.0783. The van der Waals surface area contributed by atoms with E-state index in [9.17, 15) is 46.1 Å². The SMILES string of the molecule is O=C(O)c1ccc(-c2ccc3nc(Cc4ccccc4)n(-c4ccc(C(O)(C(F)(F)F)C(F)(F)F)cc4)c(=O)c3c2)s1. The lowest BCUT2D eigenvalue weighted by Crippen LogP contribution is -2.53. The predicted octanol–water partition coefficient (Wildman–Crippen LogP) is 6.72. The Labute approximate surface area is 236 Å². The number of thiophene rings is 1. The van der Waals surface area contributed by atoms with Gasteiger partial charge in [0.1, 0.15) is 10.7 Å². The monoisotopic (exact) mass is 604 g/mol. The zero-order chi connectivity index (χ0) is 30.4. The molecule has 0 aliphatic carbocycles. The molecule has 42 heavy (non-hydrogen) atoms. The van der Waals surface area contributed by atoms with Crippen molar-refractivity contribution in [2.24, 2.45) is 0 Å². The fraction of sp³-hybridized carbons (Fsp3) is 0.138. The molecule has 0 bridgehead atoms. The van der Waals surface area contributed by atoms with Crippen LogP contribution in [0.25, 0.3) is 27.0 Å². The Bertz CT molecular complexity index is 1830. The van der Waals surface area contributed by atoms with E-state index >= 15 is 0 Å². The Morgan fingerprint density at radius 1 is 0.857 bits per heavy atom. The van der Waals surface area contributed by atoms with Gasteiger partial charge < -0.3 is 10.2 Å².